The van der Waals surface area contributed by atoms with Crippen molar-refractivity contribution in [3.63, 3.8) is 0 Å². The number of rotatable bonds is 6. The number of hydrogen-bond donors (Lipinski definition) is 1. The molecule has 2 aromatic rings. The molecule has 1 saturated carbocycles. The van der Waals surface area contributed by atoms with Gasteiger partial charge in [0.05, 0.1) is 10.0 Å². The standard InChI is InChI=1S/C19H21Cl2NO/c20-17-10-15(12-22-16-8-4-5-9-16)11-18(21)19(17)23-13-14-6-2-1-3-7-14/h1-3,6-7,10-11,16,22H,4-5,8-9,12-13H2. The molecule has 0 aliphatic heterocycles. The molecule has 0 aromatic heterocycles. The lowest BCUT2D eigenvalue weighted by atomic mass is 10.2. The van der Waals surface area contributed by atoms with Gasteiger partial charge in [0.1, 0.15) is 6.61 Å². The normalized spacial score (nSPS) is 15.0. The molecule has 1 fully saturated rings. The van der Waals surface area contributed by atoms with Crippen LogP contribution in [0, 0.1) is 0 Å². The SMILES string of the molecule is Clc1cc(CNC2CCCC2)cc(Cl)c1OCc1ccccc1. The van der Waals surface area contributed by atoms with Crippen LogP contribution in [0.4, 0.5) is 0 Å². The van der Waals surface area contributed by atoms with E-state index in [9.17, 15) is 0 Å². The summed E-state index contributed by atoms with van der Waals surface area (Å²) in [6, 6.07) is 14.5. The van der Waals surface area contributed by atoms with Crippen LogP contribution in [0.5, 0.6) is 5.75 Å². The second-order valence-electron chi connectivity index (χ2n) is 6.03. The minimum Gasteiger partial charge on any atom is -0.486 e. The average Bonchev–Trinajstić information content (AvgIpc) is 3.06. The van der Waals surface area contributed by atoms with Crippen LogP contribution < -0.4 is 10.1 Å². The molecule has 3 rings (SSSR count). The van der Waals surface area contributed by atoms with Crippen LogP contribution in [-0.2, 0) is 13.2 Å². The van der Waals surface area contributed by atoms with Crippen molar-refractivity contribution in [2.45, 2.75) is 44.9 Å². The second-order valence-corrected chi connectivity index (χ2v) is 6.84. The van der Waals surface area contributed by atoms with Crippen molar-refractivity contribution in [1.82, 2.24) is 5.32 Å². The van der Waals surface area contributed by atoms with Crippen LogP contribution in [0.2, 0.25) is 10.0 Å². The van der Waals surface area contributed by atoms with Crippen LogP contribution in [0.3, 0.4) is 0 Å². The number of nitrogens with one attached hydrogen (secondary N) is 1. The van der Waals surface area contributed by atoms with Crippen LogP contribution in [0.1, 0.15) is 36.8 Å². The van der Waals surface area contributed by atoms with E-state index in [2.05, 4.69) is 5.32 Å². The molecule has 1 N–H and O–H groups in total. The van der Waals surface area contributed by atoms with Gasteiger partial charge in [0.25, 0.3) is 0 Å². The Hall–Kier alpha value is -1.22. The third-order valence-corrected chi connectivity index (χ3v) is 4.80. The summed E-state index contributed by atoms with van der Waals surface area (Å²) in [4.78, 5) is 0. The van der Waals surface area contributed by atoms with Crippen molar-refractivity contribution in [3.8, 4) is 5.75 Å². The summed E-state index contributed by atoms with van der Waals surface area (Å²) in [5.74, 6) is 0.557. The highest BCUT2D eigenvalue weighted by Crippen LogP contribution is 2.35. The van der Waals surface area contributed by atoms with E-state index in [0.717, 1.165) is 17.7 Å². The molecular weight excluding hydrogens is 329 g/mol. The third-order valence-electron chi connectivity index (χ3n) is 4.23. The minimum absolute atomic E-state index is 0.458. The minimum atomic E-state index is 0.458. The van der Waals surface area contributed by atoms with Gasteiger partial charge in [0, 0.05) is 12.6 Å². The second kappa shape index (κ2) is 8.05. The van der Waals surface area contributed by atoms with E-state index in [1.807, 2.05) is 42.5 Å². The van der Waals surface area contributed by atoms with Crippen LogP contribution in [0.15, 0.2) is 42.5 Å². The van der Waals surface area contributed by atoms with E-state index in [1.165, 1.54) is 25.7 Å². The van der Waals surface area contributed by atoms with E-state index in [4.69, 9.17) is 27.9 Å². The number of halogens is 2. The lowest BCUT2D eigenvalue weighted by Crippen LogP contribution is -2.25. The van der Waals surface area contributed by atoms with Crippen LogP contribution in [-0.4, -0.2) is 6.04 Å². The summed E-state index contributed by atoms with van der Waals surface area (Å²) in [6.45, 7) is 1.25. The monoisotopic (exact) mass is 349 g/mol. The Balaban J connectivity index is 1.62. The maximum Gasteiger partial charge on any atom is 0.156 e. The van der Waals surface area contributed by atoms with Crippen molar-refractivity contribution in [1.29, 1.82) is 0 Å². The summed E-state index contributed by atoms with van der Waals surface area (Å²) in [6.07, 6.45) is 5.18. The fraction of sp³-hybridized carbons (Fsp3) is 0.368. The van der Waals surface area contributed by atoms with Crippen molar-refractivity contribution < 1.29 is 4.74 Å². The molecule has 0 unspecified atom stereocenters. The van der Waals surface area contributed by atoms with Crippen molar-refractivity contribution in [3.05, 3.63) is 63.6 Å². The Kier molecular flexibility index (Phi) is 5.82. The van der Waals surface area contributed by atoms with Crippen molar-refractivity contribution >= 4 is 23.2 Å². The van der Waals surface area contributed by atoms with Crippen LogP contribution in [0.25, 0.3) is 0 Å². The predicted molar refractivity (Wildman–Crippen MR) is 96.3 cm³/mol. The molecule has 0 saturated heterocycles. The van der Waals surface area contributed by atoms with Gasteiger partial charge in [0.15, 0.2) is 5.75 Å². The Labute approximate surface area is 147 Å². The van der Waals surface area contributed by atoms with E-state index in [0.29, 0.717) is 28.4 Å². The molecule has 0 bridgehead atoms. The smallest absolute Gasteiger partial charge is 0.156 e. The van der Waals surface area contributed by atoms with Crippen molar-refractivity contribution in [2.24, 2.45) is 0 Å². The van der Waals surface area contributed by atoms with Gasteiger partial charge in [-0.1, -0.05) is 66.4 Å². The Morgan fingerprint density at radius 1 is 0.957 bits per heavy atom. The first kappa shape index (κ1) is 16.6. The van der Waals surface area contributed by atoms with Gasteiger partial charge >= 0.3 is 0 Å². The zero-order chi connectivity index (χ0) is 16.1. The van der Waals surface area contributed by atoms with Gasteiger partial charge in [-0.25, -0.2) is 0 Å². The first-order valence-corrected chi connectivity index (χ1v) is 8.86. The molecule has 2 nitrogen and oxygen atoms in total. The molecule has 4 heteroatoms. The molecule has 0 heterocycles. The molecule has 0 spiro atoms. The largest absolute Gasteiger partial charge is 0.486 e. The molecule has 1 aliphatic rings. The highest BCUT2D eigenvalue weighted by atomic mass is 35.5. The fourth-order valence-electron chi connectivity index (χ4n) is 2.97. The van der Waals surface area contributed by atoms with E-state index in [-0.39, 0.29) is 0 Å². The zero-order valence-electron chi connectivity index (χ0n) is 13.0. The quantitative estimate of drug-likeness (QED) is 0.732. The maximum absolute atomic E-state index is 6.36. The topological polar surface area (TPSA) is 21.3 Å². The highest BCUT2D eigenvalue weighted by molar-refractivity contribution is 6.37. The van der Waals surface area contributed by atoms with Crippen molar-refractivity contribution in [2.75, 3.05) is 0 Å². The molecule has 23 heavy (non-hydrogen) atoms. The molecule has 0 amide bonds. The molecule has 0 atom stereocenters. The Morgan fingerprint density at radius 3 is 2.26 bits per heavy atom. The van der Waals surface area contributed by atoms with Gasteiger partial charge in [-0.05, 0) is 36.1 Å². The fourth-order valence-corrected chi connectivity index (χ4v) is 3.62. The maximum atomic E-state index is 6.36. The molecule has 0 radical (unpaired) electrons. The molecule has 122 valence electrons. The molecule has 1 aliphatic carbocycles. The van der Waals surface area contributed by atoms with Gasteiger partial charge < -0.3 is 10.1 Å². The predicted octanol–water partition coefficient (Wildman–Crippen LogP) is 5.60. The van der Waals surface area contributed by atoms with Gasteiger partial charge in [-0.2, -0.15) is 0 Å². The van der Waals surface area contributed by atoms with Crippen LogP contribution >= 0.6 is 23.2 Å². The summed E-state index contributed by atoms with van der Waals surface area (Å²) < 4.78 is 5.80. The number of hydrogen-bond acceptors (Lipinski definition) is 2. The Morgan fingerprint density at radius 2 is 1.61 bits per heavy atom. The summed E-state index contributed by atoms with van der Waals surface area (Å²) in [7, 11) is 0. The zero-order valence-corrected chi connectivity index (χ0v) is 14.5. The summed E-state index contributed by atoms with van der Waals surface area (Å²) in [5.41, 5.74) is 2.19. The summed E-state index contributed by atoms with van der Waals surface area (Å²) in [5, 5.41) is 4.70. The highest BCUT2D eigenvalue weighted by Gasteiger charge is 2.15. The van der Waals surface area contributed by atoms with E-state index >= 15 is 0 Å². The van der Waals surface area contributed by atoms with E-state index in [1.54, 1.807) is 0 Å². The van der Waals surface area contributed by atoms with Gasteiger partial charge in [-0.15, -0.1) is 0 Å². The lowest BCUT2D eigenvalue weighted by Gasteiger charge is -2.14. The van der Waals surface area contributed by atoms with E-state index < -0.39 is 0 Å². The number of benzene rings is 2. The summed E-state index contributed by atoms with van der Waals surface area (Å²) >= 11 is 12.7. The third kappa shape index (κ3) is 4.63. The molecular formula is C19H21Cl2NO. The number of ether oxygens (including phenoxy) is 1. The first-order chi connectivity index (χ1) is 11.2. The van der Waals surface area contributed by atoms with Gasteiger partial charge in [-0.3, -0.25) is 0 Å². The first-order valence-electron chi connectivity index (χ1n) is 8.10. The Bertz CT molecular complexity index is 616. The molecule has 2 aromatic carbocycles. The average molecular weight is 350 g/mol. The van der Waals surface area contributed by atoms with Gasteiger partial charge in [0.2, 0.25) is 0 Å². The lowest BCUT2D eigenvalue weighted by molar-refractivity contribution is 0.306.